The number of anilines is 1. The Labute approximate surface area is 128 Å². The van der Waals surface area contributed by atoms with Gasteiger partial charge in [-0.25, -0.2) is 8.42 Å². The lowest BCUT2D eigenvalue weighted by Crippen LogP contribution is -2.12. The van der Waals surface area contributed by atoms with Gasteiger partial charge in [-0.2, -0.15) is 0 Å². The van der Waals surface area contributed by atoms with E-state index in [1.165, 1.54) is 12.4 Å². The molecule has 0 aliphatic carbocycles. The van der Waals surface area contributed by atoms with Gasteiger partial charge in [-0.05, 0) is 41.5 Å². The van der Waals surface area contributed by atoms with Gasteiger partial charge in [-0.3, -0.25) is 14.7 Å². The third-order valence-corrected chi connectivity index (χ3v) is 4.49. The summed E-state index contributed by atoms with van der Waals surface area (Å²) in [5, 5.41) is 0. The maximum Gasteiger partial charge on any atom is 0.261 e. The summed E-state index contributed by atoms with van der Waals surface area (Å²) in [5.41, 5.74) is 2.33. The maximum atomic E-state index is 12.3. The first kappa shape index (κ1) is 14.2. The molecule has 0 bridgehead atoms. The standard InChI is InChI=1S/C16H13N3O2S/c20-22(21,19-15-7-10-17-11-8-15)16-5-3-13(4-6-16)14-2-1-9-18-12-14/h1-12H,(H,17,19). The first-order valence-corrected chi connectivity index (χ1v) is 8.07. The molecular weight excluding hydrogens is 298 g/mol. The van der Waals surface area contributed by atoms with Crippen molar-refractivity contribution in [3.05, 3.63) is 73.3 Å². The number of benzene rings is 1. The Morgan fingerprint density at radius 2 is 1.50 bits per heavy atom. The Bertz CT molecular complexity index is 849. The van der Waals surface area contributed by atoms with E-state index in [1.54, 1.807) is 48.8 Å². The molecule has 0 aliphatic rings. The third kappa shape index (κ3) is 3.12. The highest BCUT2D eigenvalue weighted by Crippen LogP contribution is 2.21. The largest absolute Gasteiger partial charge is 0.280 e. The predicted octanol–water partition coefficient (Wildman–Crippen LogP) is 2.94. The molecule has 0 unspecified atom stereocenters. The normalized spacial score (nSPS) is 11.1. The fraction of sp³-hybridized carbons (Fsp3) is 0. The van der Waals surface area contributed by atoms with Crippen molar-refractivity contribution in [2.75, 3.05) is 4.72 Å². The molecule has 0 radical (unpaired) electrons. The zero-order valence-corrected chi connectivity index (χ0v) is 12.4. The van der Waals surface area contributed by atoms with Crippen LogP contribution < -0.4 is 4.72 Å². The van der Waals surface area contributed by atoms with E-state index in [0.717, 1.165) is 11.1 Å². The van der Waals surface area contributed by atoms with Crippen LogP contribution in [0.15, 0.2) is 78.2 Å². The Morgan fingerprint density at radius 3 is 2.14 bits per heavy atom. The van der Waals surface area contributed by atoms with Gasteiger partial charge in [0.25, 0.3) is 10.0 Å². The van der Waals surface area contributed by atoms with Crippen molar-refractivity contribution in [2.45, 2.75) is 4.90 Å². The van der Waals surface area contributed by atoms with Crippen molar-refractivity contribution < 1.29 is 8.42 Å². The van der Waals surface area contributed by atoms with Crippen LogP contribution in [0.25, 0.3) is 11.1 Å². The fourth-order valence-corrected chi connectivity index (χ4v) is 3.05. The van der Waals surface area contributed by atoms with Gasteiger partial charge >= 0.3 is 0 Å². The molecule has 0 saturated heterocycles. The SMILES string of the molecule is O=S(=O)(Nc1ccncc1)c1ccc(-c2cccnc2)cc1. The van der Waals surface area contributed by atoms with Crippen LogP contribution in [0.4, 0.5) is 5.69 Å². The molecule has 5 nitrogen and oxygen atoms in total. The van der Waals surface area contributed by atoms with E-state index in [-0.39, 0.29) is 4.90 Å². The minimum absolute atomic E-state index is 0.206. The van der Waals surface area contributed by atoms with E-state index in [2.05, 4.69) is 14.7 Å². The zero-order valence-electron chi connectivity index (χ0n) is 11.5. The molecule has 2 heterocycles. The molecule has 0 spiro atoms. The van der Waals surface area contributed by atoms with Crippen LogP contribution in [0.1, 0.15) is 0 Å². The molecule has 0 atom stereocenters. The number of aromatic nitrogens is 2. The molecule has 3 aromatic rings. The second-order valence-corrected chi connectivity index (χ2v) is 6.29. The van der Waals surface area contributed by atoms with Gasteiger partial charge in [-0.15, -0.1) is 0 Å². The van der Waals surface area contributed by atoms with Gasteiger partial charge < -0.3 is 0 Å². The number of pyridine rings is 2. The molecule has 1 aromatic carbocycles. The highest BCUT2D eigenvalue weighted by atomic mass is 32.2. The van der Waals surface area contributed by atoms with Crippen LogP contribution >= 0.6 is 0 Å². The quantitative estimate of drug-likeness (QED) is 0.804. The predicted molar refractivity (Wildman–Crippen MR) is 84.7 cm³/mol. The van der Waals surface area contributed by atoms with E-state index in [4.69, 9.17) is 0 Å². The van der Waals surface area contributed by atoms with Gasteiger partial charge in [-0.1, -0.05) is 18.2 Å². The molecule has 22 heavy (non-hydrogen) atoms. The molecule has 0 fully saturated rings. The van der Waals surface area contributed by atoms with Gasteiger partial charge in [0, 0.05) is 24.8 Å². The Balaban J connectivity index is 1.86. The molecule has 0 aliphatic heterocycles. The average molecular weight is 311 g/mol. The molecular formula is C16H13N3O2S. The Kier molecular flexibility index (Phi) is 3.84. The van der Waals surface area contributed by atoms with Crippen LogP contribution in [-0.4, -0.2) is 18.4 Å². The molecule has 1 N–H and O–H groups in total. The average Bonchev–Trinajstić information content (AvgIpc) is 2.56. The molecule has 6 heteroatoms. The highest BCUT2D eigenvalue weighted by molar-refractivity contribution is 7.92. The van der Waals surface area contributed by atoms with E-state index < -0.39 is 10.0 Å². The number of hydrogen-bond donors (Lipinski definition) is 1. The number of rotatable bonds is 4. The van der Waals surface area contributed by atoms with E-state index >= 15 is 0 Å². The molecule has 3 rings (SSSR count). The van der Waals surface area contributed by atoms with E-state index in [1.807, 2.05) is 12.1 Å². The fourth-order valence-electron chi connectivity index (χ4n) is 1.99. The van der Waals surface area contributed by atoms with Gasteiger partial charge in [0.05, 0.1) is 10.6 Å². The van der Waals surface area contributed by atoms with Gasteiger partial charge in [0.15, 0.2) is 0 Å². The van der Waals surface area contributed by atoms with Crippen molar-refractivity contribution in [3.63, 3.8) is 0 Å². The number of nitrogens with one attached hydrogen (secondary N) is 1. The summed E-state index contributed by atoms with van der Waals surface area (Å²) in [6.07, 6.45) is 6.49. The highest BCUT2D eigenvalue weighted by Gasteiger charge is 2.14. The second-order valence-electron chi connectivity index (χ2n) is 4.61. The third-order valence-electron chi connectivity index (χ3n) is 3.09. The topological polar surface area (TPSA) is 72.0 Å². The molecule has 110 valence electrons. The van der Waals surface area contributed by atoms with Crippen LogP contribution in [0, 0.1) is 0 Å². The lowest BCUT2D eigenvalue weighted by Gasteiger charge is -2.08. The number of sulfonamides is 1. The lowest BCUT2D eigenvalue weighted by molar-refractivity contribution is 0.601. The summed E-state index contributed by atoms with van der Waals surface area (Å²) in [4.78, 5) is 8.11. The lowest BCUT2D eigenvalue weighted by atomic mass is 10.1. The summed E-state index contributed by atoms with van der Waals surface area (Å²) >= 11 is 0. The van der Waals surface area contributed by atoms with E-state index in [9.17, 15) is 8.42 Å². The summed E-state index contributed by atoms with van der Waals surface area (Å²) in [6, 6.07) is 13.6. The monoisotopic (exact) mass is 311 g/mol. The molecule has 0 amide bonds. The van der Waals surface area contributed by atoms with Crippen LogP contribution in [0.5, 0.6) is 0 Å². The first-order valence-electron chi connectivity index (χ1n) is 6.58. The maximum absolute atomic E-state index is 12.3. The van der Waals surface area contributed by atoms with Crippen LogP contribution in [-0.2, 0) is 10.0 Å². The van der Waals surface area contributed by atoms with Crippen molar-refractivity contribution in [2.24, 2.45) is 0 Å². The molecule has 2 aromatic heterocycles. The van der Waals surface area contributed by atoms with Crippen LogP contribution in [0.3, 0.4) is 0 Å². The summed E-state index contributed by atoms with van der Waals surface area (Å²) in [5.74, 6) is 0. The van der Waals surface area contributed by atoms with E-state index in [0.29, 0.717) is 5.69 Å². The van der Waals surface area contributed by atoms with Crippen molar-refractivity contribution in [3.8, 4) is 11.1 Å². The van der Waals surface area contributed by atoms with Crippen molar-refractivity contribution in [1.82, 2.24) is 9.97 Å². The number of nitrogens with zero attached hydrogens (tertiary/aromatic N) is 2. The number of hydrogen-bond acceptors (Lipinski definition) is 4. The first-order chi connectivity index (χ1) is 10.6. The summed E-state index contributed by atoms with van der Waals surface area (Å²) < 4.78 is 27.1. The van der Waals surface area contributed by atoms with Gasteiger partial charge in [0.2, 0.25) is 0 Å². The van der Waals surface area contributed by atoms with Crippen molar-refractivity contribution >= 4 is 15.7 Å². The summed E-state index contributed by atoms with van der Waals surface area (Å²) in [6.45, 7) is 0. The van der Waals surface area contributed by atoms with Gasteiger partial charge in [0.1, 0.15) is 0 Å². The smallest absolute Gasteiger partial charge is 0.261 e. The minimum atomic E-state index is -3.61. The van der Waals surface area contributed by atoms with Crippen LogP contribution in [0.2, 0.25) is 0 Å². The minimum Gasteiger partial charge on any atom is -0.280 e. The molecule has 0 saturated carbocycles. The zero-order chi connectivity index (χ0) is 15.4. The Morgan fingerprint density at radius 1 is 0.773 bits per heavy atom. The Hall–Kier alpha value is -2.73. The summed E-state index contributed by atoms with van der Waals surface area (Å²) in [7, 11) is -3.61. The second kappa shape index (κ2) is 5.95. The van der Waals surface area contributed by atoms with Crippen molar-refractivity contribution in [1.29, 1.82) is 0 Å².